The van der Waals surface area contributed by atoms with Crippen LogP contribution in [-0.2, 0) is 38.2 Å². The van der Waals surface area contributed by atoms with Crippen LogP contribution >= 0.6 is 0 Å². The van der Waals surface area contributed by atoms with Gasteiger partial charge >= 0.3 is 17.9 Å². The quantitative estimate of drug-likeness (QED) is 0.355. The Hall–Kier alpha value is -3.82. The third-order valence-corrected chi connectivity index (χ3v) is 11.5. The van der Waals surface area contributed by atoms with E-state index in [9.17, 15) is 33.9 Å². The number of carboxylic acid groups (broad SMARTS) is 1. The summed E-state index contributed by atoms with van der Waals surface area (Å²) in [6, 6.07) is 6.96. The smallest absolute Gasteiger partial charge is 0.330 e. The van der Waals surface area contributed by atoms with Crippen LogP contribution < -0.4 is 5.32 Å². The number of benzene rings is 1. The van der Waals surface area contributed by atoms with E-state index in [2.05, 4.69) is 12.2 Å². The second kappa shape index (κ2) is 12.5. The van der Waals surface area contributed by atoms with Crippen molar-refractivity contribution >= 4 is 35.4 Å². The number of aliphatic carboxylic acids is 1. The maximum Gasteiger partial charge on any atom is 0.330 e. The van der Waals surface area contributed by atoms with Crippen LogP contribution in [0.25, 0.3) is 0 Å². The van der Waals surface area contributed by atoms with Gasteiger partial charge in [0.25, 0.3) is 0 Å². The maximum atomic E-state index is 13.9. The van der Waals surface area contributed by atoms with E-state index in [0.29, 0.717) is 43.1 Å². The number of fused-ring (bicyclic) bond motifs is 5. The van der Waals surface area contributed by atoms with E-state index in [1.165, 1.54) is 12.5 Å². The zero-order valence-electron chi connectivity index (χ0n) is 26.3. The largest absolute Gasteiger partial charge is 0.479 e. The average molecular weight is 622 g/mol. The van der Waals surface area contributed by atoms with Crippen molar-refractivity contribution in [3.63, 3.8) is 0 Å². The van der Waals surface area contributed by atoms with E-state index in [0.717, 1.165) is 25.7 Å². The lowest BCUT2D eigenvalue weighted by atomic mass is 9.46. The Morgan fingerprint density at radius 2 is 1.67 bits per heavy atom. The Labute approximate surface area is 263 Å². The number of carbonyl (C=O) groups is 6. The monoisotopic (exact) mass is 621 g/mol. The number of hydrogen-bond donors (Lipinski definition) is 2. The Kier molecular flexibility index (Phi) is 9.06. The van der Waals surface area contributed by atoms with Crippen LogP contribution in [0.4, 0.5) is 0 Å². The highest BCUT2D eigenvalue weighted by atomic mass is 16.6. The first-order valence-electron chi connectivity index (χ1n) is 16.0. The molecule has 3 fully saturated rings. The number of hydrogen-bond acceptors (Lipinski definition) is 8. The lowest BCUT2D eigenvalue weighted by Crippen LogP contribution is -2.59. The zero-order valence-corrected chi connectivity index (χ0v) is 26.3. The minimum absolute atomic E-state index is 0.0394. The van der Waals surface area contributed by atoms with Gasteiger partial charge in [0.05, 0.1) is 6.42 Å². The lowest BCUT2D eigenvalue weighted by molar-refractivity contribution is -0.191. The highest BCUT2D eigenvalue weighted by Crippen LogP contribution is 2.68. The van der Waals surface area contributed by atoms with Crippen molar-refractivity contribution in [2.24, 2.45) is 28.6 Å². The first-order valence-corrected chi connectivity index (χ1v) is 16.0. The number of amides is 1. The summed E-state index contributed by atoms with van der Waals surface area (Å²) in [5.74, 6) is -2.62. The van der Waals surface area contributed by atoms with E-state index in [-0.39, 0.29) is 30.0 Å². The first kappa shape index (κ1) is 32.6. The van der Waals surface area contributed by atoms with E-state index in [1.807, 2.05) is 13.0 Å². The molecule has 0 heterocycles. The number of nitrogens with one attached hydrogen (secondary N) is 1. The molecule has 0 aromatic heterocycles. The summed E-state index contributed by atoms with van der Waals surface area (Å²) in [4.78, 5) is 75.3. The van der Waals surface area contributed by atoms with Gasteiger partial charge in [0.15, 0.2) is 24.0 Å². The van der Waals surface area contributed by atoms with Gasteiger partial charge in [0.2, 0.25) is 11.7 Å². The van der Waals surface area contributed by atoms with E-state index < -0.39 is 53.3 Å². The van der Waals surface area contributed by atoms with E-state index in [4.69, 9.17) is 9.47 Å². The second-order valence-corrected chi connectivity index (χ2v) is 13.7. The maximum absolute atomic E-state index is 13.9. The van der Waals surface area contributed by atoms with Crippen LogP contribution in [0, 0.1) is 28.6 Å². The molecule has 2 N–H and O–H groups in total. The number of allylic oxidation sites excluding steroid dienone is 1. The normalized spacial score (nSPS) is 32.6. The summed E-state index contributed by atoms with van der Waals surface area (Å²) < 4.78 is 11.3. The van der Waals surface area contributed by atoms with Crippen molar-refractivity contribution < 1.29 is 43.3 Å². The minimum Gasteiger partial charge on any atom is -0.479 e. The van der Waals surface area contributed by atoms with Crippen molar-refractivity contribution in [3.05, 3.63) is 47.5 Å². The van der Waals surface area contributed by atoms with Crippen LogP contribution in [0.5, 0.6) is 0 Å². The molecule has 1 aromatic carbocycles. The van der Waals surface area contributed by atoms with Crippen molar-refractivity contribution in [1.82, 2.24) is 5.32 Å². The van der Waals surface area contributed by atoms with E-state index in [1.54, 1.807) is 30.3 Å². The Morgan fingerprint density at radius 1 is 0.956 bits per heavy atom. The highest BCUT2D eigenvalue weighted by Gasteiger charge is 2.68. The van der Waals surface area contributed by atoms with Crippen LogP contribution in [0.1, 0.15) is 96.6 Å². The molecule has 0 unspecified atom stereocenters. The van der Waals surface area contributed by atoms with Gasteiger partial charge in [0.1, 0.15) is 0 Å². The molecule has 242 valence electrons. The van der Waals surface area contributed by atoms with Gasteiger partial charge in [-0.05, 0) is 79.8 Å². The van der Waals surface area contributed by atoms with Gasteiger partial charge in [-0.2, -0.15) is 0 Å². The number of ketones is 2. The summed E-state index contributed by atoms with van der Waals surface area (Å²) in [5.41, 5.74) is -0.441. The average Bonchev–Trinajstić information content (AvgIpc) is 3.30. The molecule has 3 saturated carbocycles. The van der Waals surface area contributed by atoms with Crippen LogP contribution in [-0.4, -0.2) is 52.7 Å². The lowest BCUT2D eigenvalue weighted by Gasteiger charge is -2.59. The number of Topliss-reactive ketones (excluding diaryl/α,β-unsaturated/α-hetero) is 1. The third kappa shape index (κ3) is 5.95. The summed E-state index contributed by atoms with van der Waals surface area (Å²) >= 11 is 0. The van der Waals surface area contributed by atoms with Gasteiger partial charge in [0, 0.05) is 25.2 Å². The highest BCUT2D eigenvalue weighted by molar-refractivity contribution is 5.94. The van der Waals surface area contributed by atoms with Crippen molar-refractivity contribution in [2.45, 2.75) is 96.6 Å². The van der Waals surface area contributed by atoms with Crippen LogP contribution in [0.3, 0.4) is 0 Å². The van der Waals surface area contributed by atoms with E-state index >= 15 is 0 Å². The molecule has 10 nitrogen and oxygen atoms in total. The van der Waals surface area contributed by atoms with Crippen LogP contribution in [0.2, 0.25) is 0 Å². The fourth-order valence-corrected chi connectivity index (χ4v) is 9.20. The molecule has 45 heavy (non-hydrogen) atoms. The molecule has 0 radical (unpaired) electrons. The van der Waals surface area contributed by atoms with Gasteiger partial charge in [-0.1, -0.05) is 49.8 Å². The first-order chi connectivity index (χ1) is 21.3. The van der Waals surface area contributed by atoms with Crippen molar-refractivity contribution in [3.8, 4) is 0 Å². The molecule has 1 aromatic rings. The zero-order chi connectivity index (χ0) is 32.6. The van der Waals surface area contributed by atoms with Gasteiger partial charge in [-0.15, -0.1) is 0 Å². The SMILES string of the molecule is CC(=O)O[C@]1(C(=O)COC(=O)CCC(=O)N[C@H](C(=O)O)c2ccccc2)CC[C@@H]2[C@@H]3CCC4=CC(=O)CC[C@]4(C)[C@@H]3CC[C@@]21C. The summed E-state index contributed by atoms with van der Waals surface area (Å²) in [6.45, 7) is 5.03. The molecule has 1 amide bonds. The van der Waals surface area contributed by atoms with Crippen molar-refractivity contribution in [2.75, 3.05) is 6.61 Å². The Balaban J connectivity index is 1.23. The predicted molar refractivity (Wildman–Crippen MR) is 161 cm³/mol. The van der Waals surface area contributed by atoms with Crippen molar-refractivity contribution in [1.29, 1.82) is 0 Å². The summed E-state index contributed by atoms with van der Waals surface area (Å²) in [6.07, 6.45) is 6.97. The van der Waals surface area contributed by atoms with Crippen LogP contribution in [0.15, 0.2) is 42.0 Å². The molecule has 4 aliphatic rings. The minimum atomic E-state index is -1.42. The summed E-state index contributed by atoms with van der Waals surface area (Å²) in [7, 11) is 0. The van der Waals surface area contributed by atoms with Gasteiger partial charge in [-0.25, -0.2) is 4.79 Å². The second-order valence-electron chi connectivity index (χ2n) is 13.7. The molecule has 4 aliphatic carbocycles. The fourth-order valence-electron chi connectivity index (χ4n) is 9.20. The number of carboxylic acids is 1. The molecule has 10 heteroatoms. The fraction of sp³-hybridized carbons (Fsp3) is 0.600. The number of ether oxygens (including phenoxy) is 2. The molecular formula is C35H43NO9. The number of carbonyl (C=O) groups excluding carboxylic acids is 5. The standard InChI is InChI=1S/C35H43NO9/c1-21(37)45-35(28(39)20-44-30(41)12-11-29(40)36-31(32(42)43)22-7-5-4-6-8-22)18-15-27-25-10-9-23-19-24(38)13-16-33(23,2)26(25)14-17-34(27,35)3/h4-8,19,25-27,31H,9-18,20H2,1-3H3,(H,36,40)(H,42,43)/t25-,26-,27-,31+,33+,34+,35+/m1/s1. The molecule has 5 rings (SSSR count). The third-order valence-electron chi connectivity index (χ3n) is 11.5. The molecule has 0 spiro atoms. The molecule has 0 aliphatic heterocycles. The number of rotatable bonds is 10. The Morgan fingerprint density at radius 3 is 2.36 bits per heavy atom. The van der Waals surface area contributed by atoms with Gasteiger partial charge < -0.3 is 19.9 Å². The molecule has 7 atom stereocenters. The Bertz CT molecular complexity index is 1420. The summed E-state index contributed by atoms with van der Waals surface area (Å²) in [5, 5.41) is 12.0. The number of esters is 2. The molecular weight excluding hydrogens is 578 g/mol. The molecule has 0 saturated heterocycles. The topological polar surface area (TPSA) is 153 Å². The van der Waals surface area contributed by atoms with Gasteiger partial charge in [-0.3, -0.25) is 24.0 Å². The molecule has 0 bridgehead atoms. The predicted octanol–water partition coefficient (Wildman–Crippen LogP) is 4.65.